The molecule has 0 saturated carbocycles. The Kier molecular flexibility index (Phi) is 6.20. The molecule has 0 aromatic carbocycles. The first-order valence-corrected chi connectivity index (χ1v) is 6.87. The molecule has 0 bridgehead atoms. The molecule has 1 aromatic heterocycles. The molecule has 0 spiro atoms. The second-order valence-electron chi connectivity index (χ2n) is 4.79. The number of pyridine rings is 1. The van der Waals surface area contributed by atoms with Crippen molar-refractivity contribution in [3.63, 3.8) is 0 Å². The molecule has 0 aliphatic rings. The SMILES string of the molecule is CCNC(CC(CC)CC)c1cc(C)ccn1. The van der Waals surface area contributed by atoms with E-state index in [1.807, 2.05) is 6.20 Å². The zero-order chi connectivity index (χ0) is 12.7. The maximum atomic E-state index is 4.52. The monoisotopic (exact) mass is 234 g/mol. The van der Waals surface area contributed by atoms with Gasteiger partial charge in [-0.2, -0.15) is 0 Å². The van der Waals surface area contributed by atoms with Gasteiger partial charge in [0.15, 0.2) is 0 Å². The van der Waals surface area contributed by atoms with Crippen molar-refractivity contribution < 1.29 is 0 Å². The fourth-order valence-corrected chi connectivity index (χ4v) is 2.26. The van der Waals surface area contributed by atoms with E-state index in [2.05, 4.69) is 50.1 Å². The van der Waals surface area contributed by atoms with Crippen LogP contribution in [0.4, 0.5) is 0 Å². The van der Waals surface area contributed by atoms with Gasteiger partial charge in [-0.15, -0.1) is 0 Å². The van der Waals surface area contributed by atoms with E-state index < -0.39 is 0 Å². The molecule has 1 aromatic rings. The summed E-state index contributed by atoms with van der Waals surface area (Å²) in [4.78, 5) is 4.52. The van der Waals surface area contributed by atoms with Crippen LogP contribution in [0.3, 0.4) is 0 Å². The summed E-state index contributed by atoms with van der Waals surface area (Å²) in [5.41, 5.74) is 2.49. The first kappa shape index (κ1) is 14.2. The van der Waals surface area contributed by atoms with Gasteiger partial charge >= 0.3 is 0 Å². The van der Waals surface area contributed by atoms with E-state index in [0.717, 1.165) is 12.5 Å². The molecule has 1 rings (SSSR count). The summed E-state index contributed by atoms with van der Waals surface area (Å²) >= 11 is 0. The van der Waals surface area contributed by atoms with Crippen LogP contribution < -0.4 is 5.32 Å². The molecule has 0 saturated heterocycles. The Bertz CT molecular complexity index is 318. The second kappa shape index (κ2) is 7.44. The van der Waals surface area contributed by atoms with Gasteiger partial charge in [0.1, 0.15) is 0 Å². The largest absolute Gasteiger partial charge is 0.309 e. The van der Waals surface area contributed by atoms with Gasteiger partial charge in [-0.25, -0.2) is 0 Å². The summed E-state index contributed by atoms with van der Waals surface area (Å²) in [7, 11) is 0. The van der Waals surface area contributed by atoms with E-state index in [4.69, 9.17) is 0 Å². The first-order valence-electron chi connectivity index (χ1n) is 6.87. The van der Waals surface area contributed by atoms with Gasteiger partial charge in [0.25, 0.3) is 0 Å². The molecule has 1 heterocycles. The smallest absolute Gasteiger partial charge is 0.0575 e. The van der Waals surface area contributed by atoms with Crippen LogP contribution in [0.1, 0.15) is 57.3 Å². The molecule has 96 valence electrons. The molecule has 0 radical (unpaired) electrons. The summed E-state index contributed by atoms with van der Waals surface area (Å²) < 4.78 is 0. The zero-order valence-electron chi connectivity index (χ0n) is 11.7. The molecule has 17 heavy (non-hydrogen) atoms. The minimum absolute atomic E-state index is 0.407. The number of hydrogen-bond donors (Lipinski definition) is 1. The minimum atomic E-state index is 0.407. The summed E-state index contributed by atoms with van der Waals surface area (Å²) in [6.45, 7) is 9.85. The third-order valence-corrected chi connectivity index (χ3v) is 3.47. The normalized spacial score (nSPS) is 13.0. The van der Waals surface area contributed by atoms with Crippen molar-refractivity contribution in [3.8, 4) is 0 Å². The van der Waals surface area contributed by atoms with Crippen molar-refractivity contribution >= 4 is 0 Å². The Hall–Kier alpha value is -0.890. The Morgan fingerprint density at radius 3 is 2.47 bits per heavy atom. The minimum Gasteiger partial charge on any atom is -0.309 e. The molecule has 2 heteroatoms. The van der Waals surface area contributed by atoms with Crippen molar-refractivity contribution in [1.29, 1.82) is 0 Å². The number of aromatic nitrogens is 1. The maximum Gasteiger partial charge on any atom is 0.0575 e. The van der Waals surface area contributed by atoms with Gasteiger partial charge in [0.05, 0.1) is 5.69 Å². The van der Waals surface area contributed by atoms with E-state index in [9.17, 15) is 0 Å². The Balaban J connectivity index is 2.77. The molecule has 0 amide bonds. The van der Waals surface area contributed by atoms with Crippen molar-refractivity contribution in [1.82, 2.24) is 10.3 Å². The van der Waals surface area contributed by atoms with Crippen LogP contribution in [0.2, 0.25) is 0 Å². The van der Waals surface area contributed by atoms with E-state index in [0.29, 0.717) is 6.04 Å². The van der Waals surface area contributed by atoms with Crippen LogP contribution >= 0.6 is 0 Å². The summed E-state index contributed by atoms with van der Waals surface area (Å²) in [6, 6.07) is 4.67. The molecule has 0 aliphatic carbocycles. The summed E-state index contributed by atoms with van der Waals surface area (Å²) in [5, 5.41) is 3.56. The van der Waals surface area contributed by atoms with E-state index in [1.54, 1.807) is 0 Å². The lowest BCUT2D eigenvalue weighted by Crippen LogP contribution is -2.24. The van der Waals surface area contributed by atoms with Crippen LogP contribution in [0.15, 0.2) is 18.3 Å². The van der Waals surface area contributed by atoms with Gasteiger partial charge < -0.3 is 5.32 Å². The average Bonchev–Trinajstić information content (AvgIpc) is 2.34. The Morgan fingerprint density at radius 1 is 1.24 bits per heavy atom. The molecular weight excluding hydrogens is 208 g/mol. The van der Waals surface area contributed by atoms with Crippen LogP contribution in [0.5, 0.6) is 0 Å². The van der Waals surface area contributed by atoms with Crippen LogP contribution in [0, 0.1) is 12.8 Å². The quantitative estimate of drug-likeness (QED) is 0.774. The predicted molar refractivity (Wildman–Crippen MR) is 74.1 cm³/mol. The maximum absolute atomic E-state index is 4.52. The highest BCUT2D eigenvalue weighted by Crippen LogP contribution is 2.24. The lowest BCUT2D eigenvalue weighted by molar-refractivity contribution is 0.371. The van der Waals surface area contributed by atoms with Crippen molar-refractivity contribution in [2.24, 2.45) is 5.92 Å². The van der Waals surface area contributed by atoms with Crippen molar-refractivity contribution in [2.45, 2.75) is 53.0 Å². The highest BCUT2D eigenvalue weighted by atomic mass is 14.9. The third-order valence-electron chi connectivity index (χ3n) is 3.47. The van der Waals surface area contributed by atoms with E-state index in [1.165, 1.54) is 30.5 Å². The van der Waals surface area contributed by atoms with Crippen molar-refractivity contribution in [3.05, 3.63) is 29.6 Å². The van der Waals surface area contributed by atoms with Gasteiger partial charge in [-0.3, -0.25) is 4.98 Å². The highest BCUT2D eigenvalue weighted by Gasteiger charge is 2.16. The van der Waals surface area contributed by atoms with Gasteiger partial charge in [0.2, 0.25) is 0 Å². The second-order valence-corrected chi connectivity index (χ2v) is 4.79. The fourth-order valence-electron chi connectivity index (χ4n) is 2.26. The molecular formula is C15H26N2. The number of rotatable bonds is 7. The number of aryl methyl sites for hydroxylation is 1. The lowest BCUT2D eigenvalue weighted by Gasteiger charge is -2.22. The van der Waals surface area contributed by atoms with Gasteiger partial charge in [-0.1, -0.05) is 33.6 Å². The van der Waals surface area contributed by atoms with Gasteiger partial charge in [-0.05, 0) is 43.5 Å². The van der Waals surface area contributed by atoms with E-state index in [-0.39, 0.29) is 0 Å². The molecule has 1 unspecified atom stereocenters. The summed E-state index contributed by atoms with van der Waals surface area (Å²) in [6.07, 6.45) is 5.62. The van der Waals surface area contributed by atoms with Crippen molar-refractivity contribution in [2.75, 3.05) is 6.54 Å². The number of hydrogen-bond acceptors (Lipinski definition) is 2. The standard InChI is InChI=1S/C15H26N2/c1-5-13(6-2)11-15(16-7-3)14-10-12(4)8-9-17-14/h8-10,13,15-16H,5-7,11H2,1-4H3. The zero-order valence-corrected chi connectivity index (χ0v) is 11.7. The molecule has 0 fully saturated rings. The average molecular weight is 234 g/mol. The third kappa shape index (κ3) is 4.47. The van der Waals surface area contributed by atoms with Crippen LogP contribution in [0.25, 0.3) is 0 Å². The van der Waals surface area contributed by atoms with Gasteiger partial charge in [0, 0.05) is 12.2 Å². The Morgan fingerprint density at radius 2 is 1.94 bits per heavy atom. The highest BCUT2D eigenvalue weighted by molar-refractivity contribution is 5.17. The summed E-state index contributed by atoms with van der Waals surface area (Å²) in [5.74, 6) is 0.793. The fraction of sp³-hybridized carbons (Fsp3) is 0.667. The van der Waals surface area contributed by atoms with Crippen LogP contribution in [-0.4, -0.2) is 11.5 Å². The lowest BCUT2D eigenvalue weighted by atomic mass is 9.92. The molecule has 2 nitrogen and oxygen atoms in total. The predicted octanol–water partition coefficient (Wildman–Crippen LogP) is 3.87. The first-order chi connectivity index (χ1) is 8.21. The Labute approximate surface area is 106 Å². The number of nitrogens with zero attached hydrogens (tertiary/aromatic N) is 1. The molecule has 0 aliphatic heterocycles. The molecule has 1 N–H and O–H groups in total. The topological polar surface area (TPSA) is 24.9 Å². The number of nitrogens with one attached hydrogen (secondary N) is 1. The molecule has 1 atom stereocenters. The van der Waals surface area contributed by atoms with Crippen LogP contribution in [-0.2, 0) is 0 Å². The van der Waals surface area contributed by atoms with E-state index >= 15 is 0 Å².